The molecule has 3 rings (SSSR count). The maximum absolute atomic E-state index is 12.5. The molecule has 0 N–H and O–H groups in total. The Balaban J connectivity index is 1.79. The molecule has 0 saturated heterocycles. The molecule has 0 aromatic carbocycles. The maximum atomic E-state index is 12.5. The molecule has 106 valence electrons. The Bertz CT molecular complexity index is 627. The first-order chi connectivity index (χ1) is 9.58. The molecule has 0 bridgehead atoms. The topological polar surface area (TPSA) is 51.3 Å². The third kappa shape index (κ3) is 2.12. The van der Waals surface area contributed by atoms with Gasteiger partial charge in [-0.2, -0.15) is 0 Å². The van der Waals surface area contributed by atoms with Gasteiger partial charge in [0.1, 0.15) is 0 Å². The summed E-state index contributed by atoms with van der Waals surface area (Å²) in [6, 6.07) is 4.15. The second-order valence-corrected chi connectivity index (χ2v) is 5.43. The Hall–Kier alpha value is -1.75. The lowest BCUT2D eigenvalue weighted by Gasteiger charge is -2.35. The smallest absolute Gasteiger partial charge is 0.229 e. The van der Waals surface area contributed by atoms with Crippen LogP contribution in [0.2, 0.25) is 5.22 Å². The summed E-state index contributed by atoms with van der Waals surface area (Å²) in [4.78, 5) is 14.4. The van der Waals surface area contributed by atoms with E-state index in [4.69, 9.17) is 16.1 Å². The zero-order valence-corrected chi connectivity index (χ0v) is 12.2. The number of halogens is 1. The van der Waals surface area contributed by atoms with Crippen molar-refractivity contribution in [2.75, 3.05) is 6.54 Å². The Morgan fingerprint density at radius 2 is 2.35 bits per heavy atom. The van der Waals surface area contributed by atoms with E-state index in [1.807, 2.05) is 17.9 Å². The molecule has 1 aliphatic rings. The number of nitrogens with zero attached hydrogens (tertiary/aromatic N) is 3. The molecule has 0 saturated carbocycles. The van der Waals surface area contributed by atoms with Crippen molar-refractivity contribution in [3.8, 4) is 0 Å². The standard InChI is InChI=1S/C14H16ClN3O2/c1-9-11(14(15)20-16-9)8-13(19)18-7-6-17-5-3-4-12(17)10(18)2/h3-5,10H,6-8H2,1-2H3/t10-/m0/s1. The average molecular weight is 294 g/mol. The van der Waals surface area contributed by atoms with Crippen LogP contribution < -0.4 is 0 Å². The van der Waals surface area contributed by atoms with Crippen LogP contribution in [0.1, 0.15) is 29.9 Å². The minimum absolute atomic E-state index is 0.0538. The van der Waals surface area contributed by atoms with E-state index in [2.05, 4.69) is 22.0 Å². The number of hydrogen-bond donors (Lipinski definition) is 0. The van der Waals surface area contributed by atoms with E-state index in [0.29, 0.717) is 17.8 Å². The summed E-state index contributed by atoms with van der Waals surface area (Å²) < 4.78 is 7.08. The van der Waals surface area contributed by atoms with E-state index in [1.165, 1.54) is 0 Å². The second-order valence-electron chi connectivity index (χ2n) is 5.09. The summed E-state index contributed by atoms with van der Waals surface area (Å²) >= 11 is 5.92. The van der Waals surface area contributed by atoms with Crippen LogP contribution in [0.4, 0.5) is 0 Å². The van der Waals surface area contributed by atoms with Crippen molar-refractivity contribution >= 4 is 17.5 Å². The molecular formula is C14H16ClN3O2. The first-order valence-corrected chi connectivity index (χ1v) is 7.01. The summed E-state index contributed by atoms with van der Waals surface area (Å²) in [5, 5.41) is 3.99. The van der Waals surface area contributed by atoms with Gasteiger partial charge in [0.15, 0.2) is 0 Å². The number of fused-ring (bicyclic) bond motifs is 1. The van der Waals surface area contributed by atoms with Crippen LogP contribution in [0.15, 0.2) is 22.9 Å². The van der Waals surface area contributed by atoms with Gasteiger partial charge >= 0.3 is 0 Å². The Morgan fingerprint density at radius 1 is 1.55 bits per heavy atom. The van der Waals surface area contributed by atoms with Gasteiger partial charge in [0.25, 0.3) is 0 Å². The van der Waals surface area contributed by atoms with Crippen LogP contribution in [-0.2, 0) is 17.8 Å². The maximum Gasteiger partial charge on any atom is 0.229 e. The van der Waals surface area contributed by atoms with Gasteiger partial charge < -0.3 is 14.0 Å². The summed E-state index contributed by atoms with van der Waals surface area (Å²) in [6.45, 7) is 5.38. The van der Waals surface area contributed by atoms with Gasteiger partial charge in [0, 0.05) is 30.5 Å². The van der Waals surface area contributed by atoms with Gasteiger partial charge in [-0.15, -0.1) is 0 Å². The summed E-state index contributed by atoms with van der Waals surface area (Å²) in [6.07, 6.45) is 2.29. The molecular weight excluding hydrogens is 278 g/mol. The third-order valence-electron chi connectivity index (χ3n) is 3.93. The first-order valence-electron chi connectivity index (χ1n) is 6.63. The molecule has 2 aromatic rings. The van der Waals surface area contributed by atoms with Crippen molar-refractivity contribution in [3.63, 3.8) is 0 Å². The highest BCUT2D eigenvalue weighted by atomic mass is 35.5. The van der Waals surface area contributed by atoms with Gasteiger partial charge in [-0.25, -0.2) is 0 Å². The monoisotopic (exact) mass is 293 g/mol. The molecule has 0 unspecified atom stereocenters. The first kappa shape index (κ1) is 13.2. The van der Waals surface area contributed by atoms with E-state index < -0.39 is 0 Å². The highest BCUT2D eigenvalue weighted by Gasteiger charge is 2.28. The van der Waals surface area contributed by atoms with Crippen LogP contribution in [0, 0.1) is 6.92 Å². The minimum atomic E-state index is 0.0538. The van der Waals surface area contributed by atoms with Crippen molar-refractivity contribution in [1.82, 2.24) is 14.6 Å². The van der Waals surface area contributed by atoms with Gasteiger partial charge in [0.2, 0.25) is 11.1 Å². The molecule has 3 heterocycles. The van der Waals surface area contributed by atoms with Crippen LogP contribution >= 0.6 is 11.6 Å². The third-order valence-corrected chi connectivity index (χ3v) is 4.22. The number of carbonyl (C=O) groups is 1. The van der Waals surface area contributed by atoms with Gasteiger partial charge in [-0.3, -0.25) is 4.79 Å². The zero-order chi connectivity index (χ0) is 14.3. The SMILES string of the molecule is Cc1noc(Cl)c1CC(=O)N1CCn2cccc2[C@@H]1C. The Kier molecular flexibility index (Phi) is 3.30. The van der Waals surface area contributed by atoms with Crippen molar-refractivity contribution < 1.29 is 9.32 Å². The molecule has 2 aromatic heterocycles. The lowest BCUT2D eigenvalue weighted by Crippen LogP contribution is -2.41. The Morgan fingerprint density at radius 3 is 3.05 bits per heavy atom. The lowest BCUT2D eigenvalue weighted by atomic mass is 10.1. The van der Waals surface area contributed by atoms with Crippen molar-refractivity contribution in [2.24, 2.45) is 0 Å². The van der Waals surface area contributed by atoms with Gasteiger partial charge in [-0.05, 0) is 37.6 Å². The molecule has 6 heteroatoms. The molecule has 5 nitrogen and oxygen atoms in total. The molecule has 1 aliphatic heterocycles. The highest BCUT2D eigenvalue weighted by Crippen LogP contribution is 2.27. The molecule has 1 amide bonds. The van der Waals surface area contributed by atoms with Crippen LogP contribution in [-0.4, -0.2) is 27.1 Å². The number of aromatic nitrogens is 2. The summed E-state index contributed by atoms with van der Waals surface area (Å²) in [7, 11) is 0. The highest BCUT2D eigenvalue weighted by molar-refractivity contribution is 6.29. The average Bonchev–Trinajstić information content (AvgIpc) is 3.01. The van der Waals surface area contributed by atoms with Gasteiger partial charge in [0.05, 0.1) is 18.2 Å². The van der Waals surface area contributed by atoms with Crippen LogP contribution in [0.25, 0.3) is 0 Å². The minimum Gasteiger partial charge on any atom is -0.348 e. The number of aryl methyl sites for hydroxylation is 1. The molecule has 1 atom stereocenters. The predicted molar refractivity (Wildman–Crippen MR) is 74.5 cm³/mol. The lowest BCUT2D eigenvalue weighted by molar-refractivity contribution is -0.133. The second kappa shape index (κ2) is 4.98. The molecule has 0 aliphatic carbocycles. The van der Waals surface area contributed by atoms with Gasteiger partial charge in [-0.1, -0.05) is 5.16 Å². The predicted octanol–water partition coefficient (Wildman–Crippen LogP) is 2.58. The largest absolute Gasteiger partial charge is 0.348 e. The quantitative estimate of drug-likeness (QED) is 0.855. The fourth-order valence-electron chi connectivity index (χ4n) is 2.73. The Labute approximate surface area is 122 Å². The fourth-order valence-corrected chi connectivity index (χ4v) is 2.97. The number of carbonyl (C=O) groups excluding carboxylic acids is 1. The zero-order valence-electron chi connectivity index (χ0n) is 11.5. The number of rotatable bonds is 2. The van der Waals surface area contributed by atoms with E-state index in [0.717, 1.165) is 12.2 Å². The summed E-state index contributed by atoms with van der Waals surface area (Å²) in [5.41, 5.74) is 2.53. The van der Waals surface area contributed by atoms with Crippen molar-refractivity contribution in [2.45, 2.75) is 32.9 Å². The molecule has 0 radical (unpaired) electrons. The molecule has 0 spiro atoms. The van der Waals surface area contributed by atoms with E-state index >= 15 is 0 Å². The van der Waals surface area contributed by atoms with Crippen LogP contribution in [0.5, 0.6) is 0 Å². The van der Waals surface area contributed by atoms with E-state index in [-0.39, 0.29) is 23.6 Å². The van der Waals surface area contributed by atoms with Crippen molar-refractivity contribution in [3.05, 3.63) is 40.5 Å². The fraction of sp³-hybridized carbons (Fsp3) is 0.429. The number of hydrogen-bond acceptors (Lipinski definition) is 3. The normalized spacial score (nSPS) is 18.1. The van der Waals surface area contributed by atoms with Crippen LogP contribution in [0.3, 0.4) is 0 Å². The molecule has 20 heavy (non-hydrogen) atoms. The van der Waals surface area contributed by atoms with E-state index in [9.17, 15) is 4.79 Å². The van der Waals surface area contributed by atoms with E-state index in [1.54, 1.807) is 6.92 Å². The molecule has 0 fully saturated rings. The summed E-state index contributed by atoms with van der Waals surface area (Å²) in [5.74, 6) is 0.0538. The number of amides is 1. The van der Waals surface area contributed by atoms with Crippen molar-refractivity contribution in [1.29, 1.82) is 0 Å².